The molecule has 0 radical (unpaired) electrons. The molecule has 0 amide bonds. The zero-order chi connectivity index (χ0) is 26.3. The first-order valence-corrected chi connectivity index (χ1v) is 13.3. The fourth-order valence-corrected chi connectivity index (χ4v) is 4.63. The molecule has 1 aromatic heterocycles. The van der Waals surface area contributed by atoms with Crippen molar-refractivity contribution in [3.63, 3.8) is 0 Å². The molecule has 38 heavy (non-hydrogen) atoms. The van der Waals surface area contributed by atoms with E-state index in [1.165, 1.54) is 6.07 Å². The molecule has 4 aromatic rings. The summed E-state index contributed by atoms with van der Waals surface area (Å²) in [7, 11) is -4.50. The van der Waals surface area contributed by atoms with E-state index in [9.17, 15) is 13.0 Å². The van der Waals surface area contributed by atoms with Crippen LogP contribution in [0.15, 0.2) is 88.1 Å². The summed E-state index contributed by atoms with van der Waals surface area (Å²) in [5.41, 5.74) is 8.57. The Balaban J connectivity index is 0.00000400. The van der Waals surface area contributed by atoms with Crippen LogP contribution in [0.1, 0.15) is 25.7 Å². The number of rotatable bonds is 11. The van der Waals surface area contributed by atoms with Gasteiger partial charge in [-0.25, -0.2) is 0 Å². The number of pyridine rings is 1. The Kier molecular flexibility index (Phi) is 10.8. The molecule has 0 saturated heterocycles. The SMILES string of the molecule is Nc1c(/N=N/c2ccc(-c3ccccc3OCCCCCCO)nc2)cc(S(=O)(=O)O)c2ccccc12.[NaH]. The molecular formula is C27H29N4NaO5S. The standard InChI is InChI=1S/C27H28N4O5S.Na.H/c28-27-21-10-4-3-9-20(21)26(37(33,34)35)17-24(27)31-30-19-13-14-23(29-18-19)22-11-5-6-12-25(22)36-16-8-2-1-7-15-32;;/h3-6,9-14,17-18,32H,1-2,7-8,15-16,28H2,(H,33,34,35);;/b31-30+;;. The van der Waals surface area contributed by atoms with Gasteiger partial charge in [-0.05, 0) is 49.6 Å². The molecule has 0 aliphatic heterocycles. The van der Waals surface area contributed by atoms with E-state index in [0.29, 0.717) is 28.8 Å². The van der Waals surface area contributed by atoms with Crippen LogP contribution in [0.2, 0.25) is 0 Å². The number of unbranched alkanes of at least 4 members (excludes halogenated alkanes) is 3. The number of para-hydroxylation sites is 1. The third kappa shape index (κ3) is 7.37. The summed E-state index contributed by atoms with van der Waals surface area (Å²) in [6.07, 6.45) is 5.22. The zero-order valence-electron chi connectivity index (χ0n) is 20.1. The Morgan fingerprint density at radius 3 is 2.32 bits per heavy atom. The molecule has 0 aliphatic carbocycles. The minimum atomic E-state index is -4.50. The summed E-state index contributed by atoms with van der Waals surface area (Å²) in [6, 6.07) is 19.0. The molecule has 9 nitrogen and oxygen atoms in total. The average molecular weight is 545 g/mol. The Morgan fingerprint density at radius 1 is 0.895 bits per heavy atom. The number of nitrogens with zero attached hydrogens (tertiary/aromatic N) is 3. The van der Waals surface area contributed by atoms with Crippen molar-refractivity contribution in [2.45, 2.75) is 30.6 Å². The summed E-state index contributed by atoms with van der Waals surface area (Å²) >= 11 is 0. The van der Waals surface area contributed by atoms with Gasteiger partial charge in [0, 0.05) is 22.9 Å². The number of azo groups is 1. The summed E-state index contributed by atoms with van der Waals surface area (Å²) in [5.74, 6) is 0.730. The van der Waals surface area contributed by atoms with Gasteiger partial charge in [0.1, 0.15) is 22.0 Å². The Hall–Kier alpha value is -2.86. The normalized spacial score (nSPS) is 11.5. The number of anilines is 1. The third-order valence-corrected chi connectivity index (χ3v) is 6.69. The van der Waals surface area contributed by atoms with E-state index in [4.69, 9.17) is 15.6 Å². The van der Waals surface area contributed by atoms with Gasteiger partial charge in [0.15, 0.2) is 0 Å². The van der Waals surface area contributed by atoms with Crippen LogP contribution < -0.4 is 10.5 Å². The predicted molar refractivity (Wildman–Crippen MR) is 150 cm³/mol. The fraction of sp³-hybridized carbons (Fsp3) is 0.222. The van der Waals surface area contributed by atoms with Crippen LogP contribution >= 0.6 is 0 Å². The second-order valence-electron chi connectivity index (χ2n) is 8.41. The average Bonchev–Trinajstić information content (AvgIpc) is 2.90. The number of aliphatic hydroxyl groups excluding tert-OH is 1. The number of aromatic nitrogens is 1. The maximum atomic E-state index is 11.9. The van der Waals surface area contributed by atoms with E-state index < -0.39 is 10.1 Å². The maximum absolute atomic E-state index is 11.9. The van der Waals surface area contributed by atoms with Crippen molar-refractivity contribution in [2.24, 2.45) is 10.2 Å². The van der Waals surface area contributed by atoms with Crippen molar-refractivity contribution in [3.8, 4) is 17.0 Å². The van der Waals surface area contributed by atoms with Gasteiger partial charge < -0.3 is 15.6 Å². The zero-order valence-corrected chi connectivity index (χ0v) is 20.9. The fourth-order valence-electron chi connectivity index (χ4n) is 3.92. The Labute approximate surface area is 243 Å². The molecule has 0 unspecified atom stereocenters. The van der Waals surface area contributed by atoms with Gasteiger partial charge in [-0.1, -0.05) is 42.8 Å². The molecule has 3 aromatic carbocycles. The molecule has 1 heterocycles. The van der Waals surface area contributed by atoms with Crippen molar-refractivity contribution in [1.82, 2.24) is 4.98 Å². The molecule has 0 bridgehead atoms. The summed E-state index contributed by atoms with van der Waals surface area (Å²) in [4.78, 5) is 4.20. The number of nitrogen functional groups attached to an aromatic ring is 1. The second kappa shape index (κ2) is 13.8. The number of hydrogen-bond donors (Lipinski definition) is 3. The first kappa shape index (κ1) is 29.7. The van der Waals surface area contributed by atoms with E-state index in [0.717, 1.165) is 37.0 Å². The number of aliphatic hydroxyl groups is 1. The van der Waals surface area contributed by atoms with E-state index in [1.54, 1.807) is 42.6 Å². The number of fused-ring (bicyclic) bond motifs is 1. The first-order valence-electron chi connectivity index (χ1n) is 11.9. The van der Waals surface area contributed by atoms with E-state index in [2.05, 4.69) is 15.2 Å². The Morgan fingerprint density at radius 2 is 1.61 bits per heavy atom. The van der Waals surface area contributed by atoms with Gasteiger partial charge >= 0.3 is 29.6 Å². The molecule has 0 fully saturated rings. The van der Waals surface area contributed by atoms with Gasteiger partial charge in [0.25, 0.3) is 10.1 Å². The van der Waals surface area contributed by atoms with Crippen molar-refractivity contribution in [2.75, 3.05) is 18.9 Å². The van der Waals surface area contributed by atoms with E-state index >= 15 is 0 Å². The minimum absolute atomic E-state index is 0. The summed E-state index contributed by atoms with van der Waals surface area (Å²) in [5, 5.41) is 17.9. The first-order chi connectivity index (χ1) is 17.9. The predicted octanol–water partition coefficient (Wildman–Crippen LogP) is 5.43. The van der Waals surface area contributed by atoms with Crippen LogP contribution in [-0.2, 0) is 10.1 Å². The van der Waals surface area contributed by atoms with Crippen LogP contribution in [0.4, 0.5) is 17.1 Å². The summed E-state index contributed by atoms with van der Waals surface area (Å²) < 4.78 is 39.5. The van der Waals surface area contributed by atoms with Gasteiger partial charge in [-0.2, -0.15) is 8.42 Å². The van der Waals surface area contributed by atoms with Crippen LogP contribution in [0.25, 0.3) is 22.0 Å². The number of hydrogen-bond acceptors (Lipinski definition) is 8. The molecule has 4 rings (SSSR count). The van der Waals surface area contributed by atoms with Crippen molar-refractivity contribution in [1.29, 1.82) is 0 Å². The third-order valence-electron chi connectivity index (χ3n) is 5.80. The van der Waals surface area contributed by atoms with E-state index in [-0.39, 0.29) is 52.4 Å². The van der Waals surface area contributed by atoms with Gasteiger partial charge in [0.05, 0.1) is 24.2 Å². The molecule has 0 saturated carbocycles. The van der Waals surface area contributed by atoms with Crippen LogP contribution in [0.3, 0.4) is 0 Å². The summed E-state index contributed by atoms with van der Waals surface area (Å²) in [6.45, 7) is 0.791. The molecule has 11 heteroatoms. The molecule has 194 valence electrons. The number of nitrogens with two attached hydrogens (primary N) is 1. The van der Waals surface area contributed by atoms with Crippen molar-refractivity contribution in [3.05, 3.63) is 72.9 Å². The second-order valence-corrected chi connectivity index (χ2v) is 9.80. The topological polar surface area (TPSA) is 147 Å². The quantitative estimate of drug-likeness (QED) is 0.0750. The van der Waals surface area contributed by atoms with Gasteiger partial charge in [-0.3, -0.25) is 9.54 Å². The van der Waals surface area contributed by atoms with Gasteiger partial charge in [0.2, 0.25) is 0 Å². The van der Waals surface area contributed by atoms with Crippen LogP contribution in [0.5, 0.6) is 5.75 Å². The molecule has 0 spiro atoms. The van der Waals surface area contributed by atoms with Gasteiger partial charge in [-0.15, -0.1) is 10.2 Å². The van der Waals surface area contributed by atoms with Crippen molar-refractivity contribution < 1.29 is 22.8 Å². The van der Waals surface area contributed by atoms with Crippen LogP contribution in [0, 0.1) is 0 Å². The molecule has 0 atom stereocenters. The number of benzene rings is 3. The van der Waals surface area contributed by atoms with Crippen LogP contribution in [-0.4, -0.2) is 65.8 Å². The Bertz CT molecular complexity index is 1510. The molecular weight excluding hydrogens is 515 g/mol. The van der Waals surface area contributed by atoms with E-state index in [1.807, 2.05) is 24.3 Å². The molecule has 0 aliphatic rings. The monoisotopic (exact) mass is 544 g/mol. The van der Waals surface area contributed by atoms with Crippen molar-refractivity contribution >= 4 is 67.5 Å². The number of ether oxygens (including phenoxy) is 1. The molecule has 4 N–H and O–H groups in total.